The summed E-state index contributed by atoms with van der Waals surface area (Å²) >= 11 is 0. The number of carbonyl (C=O) groups excluding carboxylic acids is 3. The van der Waals surface area contributed by atoms with Crippen LogP contribution in [0.1, 0.15) is 0 Å². The molecule has 18 heavy (non-hydrogen) atoms. The van der Waals surface area contributed by atoms with Gasteiger partial charge in [-0.25, -0.2) is 14.4 Å². The number of hydrogen-bond donors (Lipinski definition) is 0. The van der Waals surface area contributed by atoms with Crippen LogP contribution in [0.4, 0.5) is 0 Å². The Bertz CT molecular complexity index is 452. The Morgan fingerprint density at radius 2 is 1.61 bits per heavy atom. The minimum Gasteiger partial charge on any atom is -0.486 e. The molecule has 0 unspecified atom stereocenters. The van der Waals surface area contributed by atoms with Gasteiger partial charge in [-0.2, -0.15) is 0 Å². The maximum Gasteiger partial charge on any atom is 0.423 e. The van der Waals surface area contributed by atoms with Gasteiger partial charge in [0.25, 0.3) is 0 Å². The van der Waals surface area contributed by atoms with Gasteiger partial charge in [-0.3, -0.25) is 0 Å². The molecule has 2 heterocycles. The lowest BCUT2D eigenvalue weighted by atomic mass is 10.4. The quantitative estimate of drug-likeness (QED) is 0.386. The molecule has 94 valence electrons. The van der Waals surface area contributed by atoms with Crippen LogP contribution in [-0.2, 0) is 33.3 Å². The second-order valence-corrected chi connectivity index (χ2v) is 3.36. The summed E-state index contributed by atoms with van der Waals surface area (Å²) in [6, 6.07) is 0. The molecule has 0 atom stereocenters. The first-order chi connectivity index (χ1) is 8.54. The van der Waals surface area contributed by atoms with E-state index >= 15 is 0 Å². The average Bonchev–Trinajstić information content (AvgIpc) is 2.88. The molecule has 0 fully saturated rings. The predicted octanol–water partition coefficient (Wildman–Crippen LogP) is -0.0587. The second-order valence-electron chi connectivity index (χ2n) is 3.36. The number of allylic oxidation sites excluding steroid dienone is 1. The highest BCUT2D eigenvalue weighted by Crippen LogP contribution is 2.15. The molecule has 0 saturated carbocycles. The number of ether oxygens (including phenoxy) is 4. The Morgan fingerprint density at radius 3 is 2.06 bits per heavy atom. The molecule has 2 aliphatic heterocycles. The molecule has 0 bridgehead atoms. The van der Waals surface area contributed by atoms with Crippen LogP contribution in [0.5, 0.6) is 0 Å². The summed E-state index contributed by atoms with van der Waals surface area (Å²) in [5, 5.41) is 0. The van der Waals surface area contributed by atoms with E-state index in [1.165, 1.54) is 6.08 Å². The minimum absolute atomic E-state index is 0.0299. The average molecular weight is 252 g/mol. The van der Waals surface area contributed by atoms with Crippen molar-refractivity contribution in [2.75, 3.05) is 13.2 Å². The summed E-state index contributed by atoms with van der Waals surface area (Å²) in [4.78, 5) is 33.3. The fourth-order valence-corrected chi connectivity index (χ4v) is 1.22. The highest BCUT2D eigenvalue weighted by Gasteiger charge is 2.25. The maximum atomic E-state index is 11.3. The summed E-state index contributed by atoms with van der Waals surface area (Å²) in [6.07, 6.45) is 2.36. The largest absolute Gasteiger partial charge is 0.486 e. The molecule has 0 saturated heterocycles. The molecule has 0 aromatic carbocycles. The van der Waals surface area contributed by atoms with Gasteiger partial charge < -0.3 is 18.9 Å². The van der Waals surface area contributed by atoms with Crippen molar-refractivity contribution in [2.24, 2.45) is 0 Å². The van der Waals surface area contributed by atoms with Gasteiger partial charge in [-0.15, -0.1) is 0 Å². The Kier molecular flexibility index (Phi) is 3.13. The molecule has 0 radical (unpaired) electrons. The Hall–Kier alpha value is -2.57. The van der Waals surface area contributed by atoms with Crippen molar-refractivity contribution in [3.63, 3.8) is 0 Å². The van der Waals surface area contributed by atoms with E-state index in [1.807, 2.05) is 0 Å². The van der Waals surface area contributed by atoms with E-state index in [9.17, 15) is 14.4 Å². The summed E-state index contributed by atoms with van der Waals surface area (Å²) in [6.45, 7) is 3.33. The zero-order valence-electron chi connectivity index (χ0n) is 9.13. The zero-order chi connectivity index (χ0) is 13.1. The van der Waals surface area contributed by atoms with E-state index in [0.29, 0.717) is 5.76 Å². The first-order valence-corrected chi connectivity index (χ1v) is 4.88. The molecule has 7 nitrogen and oxygen atoms in total. The van der Waals surface area contributed by atoms with Crippen molar-refractivity contribution in [1.82, 2.24) is 0 Å². The summed E-state index contributed by atoms with van der Waals surface area (Å²) in [7, 11) is 0. The normalized spacial score (nSPS) is 17.6. The Labute approximate surface area is 101 Å². The molecule has 2 rings (SSSR count). The molecule has 0 aromatic rings. The Morgan fingerprint density at radius 1 is 1.06 bits per heavy atom. The minimum atomic E-state index is -1.24. The van der Waals surface area contributed by atoms with Gasteiger partial charge >= 0.3 is 17.9 Å². The molecular weight excluding hydrogens is 244 g/mol. The van der Waals surface area contributed by atoms with Crippen molar-refractivity contribution in [3.05, 3.63) is 36.0 Å². The Balaban J connectivity index is 1.87. The number of hydrogen-bond acceptors (Lipinski definition) is 7. The highest BCUT2D eigenvalue weighted by atomic mass is 16.6. The lowest BCUT2D eigenvalue weighted by Crippen LogP contribution is -2.20. The van der Waals surface area contributed by atoms with Crippen molar-refractivity contribution in [2.45, 2.75) is 0 Å². The van der Waals surface area contributed by atoms with Gasteiger partial charge in [-0.05, 0) is 0 Å². The smallest absolute Gasteiger partial charge is 0.423 e. The maximum absolute atomic E-state index is 11.3. The van der Waals surface area contributed by atoms with Crippen LogP contribution in [0.15, 0.2) is 36.0 Å². The van der Waals surface area contributed by atoms with Crippen LogP contribution in [0.3, 0.4) is 0 Å². The van der Waals surface area contributed by atoms with Crippen LogP contribution >= 0.6 is 0 Å². The van der Waals surface area contributed by atoms with E-state index in [0.717, 1.165) is 6.08 Å². The summed E-state index contributed by atoms with van der Waals surface area (Å²) in [5.74, 6) is -2.62. The molecule has 2 aliphatic rings. The number of cyclic esters (lactones) is 1. The fourth-order valence-electron chi connectivity index (χ4n) is 1.22. The van der Waals surface area contributed by atoms with Crippen LogP contribution in [0.25, 0.3) is 0 Å². The number of esters is 3. The first kappa shape index (κ1) is 11.9. The third-order valence-electron chi connectivity index (χ3n) is 1.97. The van der Waals surface area contributed by atoms with Gasteiger partial charge in [-0.1, -0.05) is 6.58 Å². The predicted molar refractivity (Wildman–Crippen MR) is 54.4 cm³/mol. The van der Waals surface area contributed by atoms with E-state index in [-0.39, 0.29) is 24.7 Å². The third-order valence-corrected chi connectivity index (χ3v) is 1.97. The van der Waals surface area contributed by atoms with Gasteiger partial charge in [0, 0.05) is 6.08 Å². The van der Waals surface area contributed by atoms with Gasteiger partial charge in [0.1, 0.15) is 24.7 Å². The lowest BCUT2D eigenvalue weighted by molar-refractivity contribution is -0.163. The van der Waals surface area contributed by atoms with Crippen LogP contribution in [0, 0.1) is 0 Å². The van der Waals surface area contributed by atoms with E-state index < -0.39 is 17.9 Å². The SMILES string of the molecule is C=C1C=C(OC(=O)C(=O)OC2=CC(=O)OC2)CO1. The molecule has 0 amide bonds. The van der Waals surface area contributed by atoms with Crippen molar-refractivity contribution < 1.29 is 33.3 Å². The fraction of sp³-hybridized carbons (Fsp3) is 0.182. The summed E-state index contributed by atoms with van der Waals surface area (Å²) < 4.78 is 18.7. The molecule has 0 N–H and O–H groups in total. The van der Waals surface area contributed by atoms with Crippen LogP contribution in [0.2, 0.25) is 0 Å². The molecule has 0 aliphatic carbocycles. The van der Waals surface area contributed by atoms with E-state index in [4.69, 9.17) is 4.74 Å². The van der Waals surface area contributed by atoms with Crippen LogP contribution < -0.4 is 0 Å². The molecule has 7 heteroatoms. The third kappa shape index (κ3) is 2.76. The molecule has 0 aromatic heterocycles. The monoisotopic (exact) mass is 252 g/mol. The van der Waals surface area contributed by atoms with Crippen molar-refractivity contribution in [3.8, 4) is 0 Å². The topological polar surface area (TPSA) is 88.1 Å². The number of rotatable bonds is 2. The van der Waals surface area contributed by atoms with E-state index in [1.54, 1.807) is 0 Å². The zero-order valence-corrected chi connectivity index (χ0v) is 9.13. The van der Waals surface area contributed by atoms with Crippen molar-refractivity contribution in [1.29, 1.82) is 0 Å². The van der Waals surface area contributed by atoms with Gasteiger partial charge in [0.15, 0.2) is 5.76 Å². The molecular formula is C11H8O7. The highest BCUT2D eigenvalue weighted by molar-refractivity contribution is 6.30. The first-order valence-electron chi connectivity index (χ1n) is 4.88. The number of carbonyl (C=O) groups is 3. The van der Waals surface area contributed by atoms with Crippen LogP contribution in [-0.4, -0.2) is 31.1 Å². The lowest BCUT2D eigenvalue weighted by Gasteiger charge is -2.04. The van der Waals surface area contributed by atoms with Crippen molar-refractivity contribution >= 4 is 17.9 Å². The molecule has 0 spiro atoms. The van der Waals surface area contributed by atoms with Gasteiger partial charge in [0.05, 0.1) is 6.08 Å². The second kappa shape index (κ2) is 4.74. The standard InChI is InChI=1S/C11H8O7/c1-6-2-7(4-15-6)17-10(13)11(14)18-8-3-9(12)16-5-8/h2-3H,1,4-5H2. The van der Waals surface area contributed by atoms with E-state index in [2.05, 4.69) is 20.8 Å². The summed E-state index contributed by atoms with van der Waals surface area (Å²) in [5.41, 5.74) is 0. The van der Waals surface area contributed by atoms with Gasteiger partial charge in [0.2, 0.25) is 0 Å².